The quantitative estimate of drug-likeness (QED) is 0.871. The number of likely N-dealkylation sites (tertiary alicyclic amines) is 1. The summed E-state index contributed by atoms with van der Waals surface area (Å²) in [5.74, 6) is 0.787. The van der Waals surface area contributed by atoms with E-state index in [1.807, 2.05) is 51.1 Å². The van der Waals surface area contributed by atoms with Gasteiger partial charge in [-0.1, -0.05) is 0 Å². The summed E-state index contributed by atoms with van der Waals surface area (Å²) in [6.45, 7) is 7.60. The van der Waals surface area contributed by atoms with Crippen LogP contribution in [0.1, 0.15) is 31.2 Å². The first kappa shape index (κ1) is 18.9. The zero-order valence-electron chi connectivity index (χ0n) is 16.1. The third kappa shape index (κ3) is 5.32. The van der Waals surface area contributed by atoms with Gasteiger partial charge in [-0.15, -0.1) is 0 Å². The number of urea groups is 1. The van der Waals surface area contributed by atoms with Crippen LogP contribution in [0.2, 0.25) is 0 Å². The Morgan fingerprint density at radius 2 is 1.93 bits per heavy atom. The summed E-state index contributed by atoms with van der Waals surface area (Å²) < 4.78 is 11.3. The number of ether oxygens (including phenoxy) is 2. The van der Waals surface area contributed by atoms with Gasteiger partial charge < -0.3 is 19.7 Å². The first-order valence-corrected chi connectivity index (χ1v) is 9.31. The molecule has 1 saturated heterocycles. The van der Waals surface area contributed by atoms with Crippen molar-refractivity contribution in [3.05, 3.63) is 41.7 Å². The molecule has 7 nitrogen and oxygen atoms in total. The zero-order chi connectivity index (χ0) is 19.2. The minimum Gasteiger partial charge on any atom is -0.494 e. The van der Waals surface area contributed by atoms with Crippen molar-refractivity contribution in [3.8, 4) is 11.8 Å². The van der Waals surface area contributed by atoms with Crippen LogP contribution in [0.15, 0.2) is 30.3 Å². The van der Waals surface area contributed by atoms with Crippen LogP contribution in [-0.2, 0) is 0 Å². The van der Waals surface area contributed by atoms with E-state index in [9.17, 15) is 4.79 Å². The Bertz CT molecular complexity index is 759. The number of benzene rings is 1. The van der Waals surface area contributed by atoms with E-state index in [4.69, 9.17) is 9.47 Å². The number of hydrogen-bond donors (Lipinski definition) is 1. The van der Waals surface area contributed by atoms with E-state index in [1.54, 1.807) is 4.90 Å². The van der Waals surface area contributed by atoms with Gasteiger partial charge in [0.15, 0.2) is 0 Å². The summed E-state index contributed by atoms with van der Waals surface area (Å²) in [5.41, 5.74) is 2.49. The highest BCUT2D eigenvalue weighted by Crippen LogP contribution is 2.19. The maximum atomic E-state index is 12.6. The van der Waals surface area contributed by atoms with Crippen molar-refractivity contribution in [2.75, 3.05) is 25.0 Å². The van der Waals surface area contributed by atoms with Crippen LogP contribution in [0.25, 0.3) is 0 Å². The summed E-state index contributed by atoms with van der Waals surface area (Å²) in [5, 5.41) is 2.93. The molecular formula is C20H26N4O3. The first-order valence-electron chi connectivity index (χ1n) is 9.31. The number of rotatable bonds is 5. The van der Waals surface area contributed by atoms with E-state index in [0.29, 0.717) is 25.7 Å². The number of carbonyl (C=O) groups excluding carboxylic acids is 1. The van der Waals surface area contributed by atoms with Crippen molar-refractivity contribution < 1.29 is 14.3 Å². The molecule has 1 fully saturated rings. The van der Waals surface area contributed by atoms with Gasteiger partial charge in [0, 0.05) is 23.6 Å². The fraction of sp³-hybridized carbons (Fsp3) is 0.450. The molecule has 0 spiro atoms. The molecule has 1 unspecified atom stereocenters. The number of carbonyl (C=O) groups is 1. The van der Waals surface area contributed by atoms with E-state index in [-0.39, 0.29) is 12.1 Å². The zero-order valence-corrected chi connectivity index (χ0v) is 16.1. The van der Waals surface area contributed by atoms with Crippen LogP contribution >= 0.6 is 0 Å². The molecule has 2 amide bonds. The van der Waals surface area contributed by atoms with Gasteiger partial charge in [-0.05, 0) is 63.9 Å². The van der Waals surface area contributed by atoms with Gasteiger partial charge in [0.1, 0.15) is 11.9 Å². The standard InChI is InChI=1S/C20H26N4O3/c1-4-26-17-9-7-16(8-10-17)23-20(25)24-11-5-6-18(13-24)27-19-21-14(2)12-15(3)22-19/h7-10,12,18H,4-6,11,13H2,1-3H3,(H,23,25). The molecule has 0 aliphatic carbocycles. The van der Waals surface area contributed by atoms with E-state index >= 15 is 0 Å². The second kappa shape index (κ2) is 8.70. The van der Waals surface area contributed by atoms with Crippen molar-refractivity contribution in [2.24, 2.45) is 0 Å². The smallest absolute Gasteiger partial charge is 0.321 e. The highest BCUT2D eigenvalue weighted by atomic mass is 16.5. The lowest BCUT2D eigenvalue weighted by atomic mass is 10.1. The summed E-state index contributed by atoms with van der Waals surface area (Å²) in [6.07, 6.45) is 1.65. The molecule has 1 N–H and O–H groups in total. The number of aryl methyl sites for hydroxylation is 2. The molecule has 0 bridgehead atoms. The molecule has 1 aromatic carbocycles. The molecule has 7 heteroatoms. The predicted octanol–water partition coefficient (Wildman–Crippen LogP) is 3.57. The molecule has 0 radical (unpaired) electrons. The average Bonchev–Trinajstić information content (AvgIpc) is 2.63. The Balaban J connectivity index is 1.57. The Labute approximate surface area is 159 Å². The first-order chi connectivity index (χ1) is 13.0. The lowest BCUT2D eigenvalue weighted by molar-refractivity contribution is 0.0980. The van der Waals surface area contributed by atoms with Gasteiger partial charge in [0.05, 0.1) is 13.2 Å². The number of hydrogen-bond acceptors (Lipinski definition) is 5. The molecular weight excluding hydrogens is 344 g/mol. The summed E-state index contributed by atoms with van der Waals surface area (Å²) in [4.78, 5) is 23.0. The summed E-state index contributed by atoms with van der Waals surface area (Å²) in [7, 11) is 0. The molecule has 2 aromatic rings. The van der Waals surface area contributed by atoms with Gasteiger partial charge >= 0.3 is 12.0 Å². The molecule has 1 aliphatic rings. The highest BCUT2D eigenvalue weighted by Gasteiger charge is 2.25. The lowest BCUT2D eigenvalue weighted by Crippen LogP contribution is -2.46. The fourth-order valence-corrected chi connectivity index (χ4v) is 3.12. The van der Waals surface area contributed by atoms with E-state index in [0.717, 1.165) is 35.7 Å². The Morgan fingerprint density at radius 3 is 2.59 bits per heavy atom. The minimum atomic E-state index is -0.131. The Kier molecular flexibility index (Phi) is 6.11. The van der Waals surface area contributed by atoms with Crippen molar-refractivity contribution in [2.45, 2.75) is 39.7 Å². The van der Waals surface area contributed by atoms with E-state index in [1.165, 1.54) is 0 Å². The van der Waals surface area contributed by atoms with Gasteiger partial charge in [-0.25, -0.2) is 14.8 Å². The molecule has 1 aliphatic heterocycles. The summed E-state index contributed by atoms with van der Waals surface area (Å²) in [6, 6.07) is 9.52. The monoisotopic (exact) mass is 370 g/mol. The normalized spacial score (nSPS) is 16.7. The average molecular weight is 370 g/mol. The Hall–Kier alpha value is -2.83. The number of piperidine rings is 1. The van der Waals surface area contributed by atoms with Crippen LogP contribution < -0.4 is 14.8 Å². The lowest BCUT2D eigenvalue weighted by Gasteiger charge is -2.32. The second-order valence-electron chi connectivity index (χ2n) is 6.65. The summed E-state index contributed by atoms with van der Waals surface area (Å²) >= 11 is 0. The molecule has 1 aromatic heterocycles. The third-order valence-corrected chi connectivity index (χ3v) is 4.32. The van der Waals surface area contributed by atoms with E-state index in [2.05, 4.69) is 15.3 Å². The van der Waals surface area contributed by atoms with E-state index < -0.39 is 0 Å². The minimum absolute atomic E-state index is 0.106. The molecule has 3 rings (SSSR count). The van der Waals surface area contributed by atoms with Crippen LogP contribution in [0, 0.1) is 13.8 Å². The van der Waals surface area contributed by atoms with Crippen LogP contribution in [0.5, 0.6) is 11.8 Å². The fourth-order valence-electron chi connectivity index (χ4n) is 3.12. The number of aromatic nitrogens is 2. The van der Waals surface area contributed by atoms with Gasteiger partial charge in [0.25, 0.3) is 0 Å². The van der Waals surface area contributed by atoms with Gasteiger partial charge in [-0.3, -0.25) is 0 Å². The predicted molar refractivity (Wildman–Crippen MR) is 103 cm³/mol. The van der Waals surface area contributed by atoms with Crippen molar-refractivity contribution in [1.29, 1.82) is 0 Å². The van der Waals surface area contributed by atoms with Crippen molar-refractivity contribution >= 4 is 11.7 Å². The number of nitrogens with zero attached hydrogens (tertiary/aromatic N) is 3. The van der Waals surface area contributed by atoms with Gasteiger partial charge in [0.2, 0.25) is 0 Å². The molecule has 1 atom stereocenters. The molecule has 144 valence electrons. The van der Waals surface area contributed by atoms with Gasteiger partial charge in [-0.2, -0.15) is 0 Å². The Morgan fingerprint density at radius 1 is 1.22 bits per heavy atom. The topological polar surface area (TPSA) is 76.6 Å². The molecule has 0 saturated carbocycles. The SMILES string of the molecule is CCOc1ccc(NC(=O)N2CCCC(Oc3nc(C)cc(C)n3)C2)cc1. The highest BCUT2D eigenvalue weighted by molar-refractivity contribution is 5.89. The third-order valence-electron chi connectivity index (χ3n) is 4.32. The number of amides is 2. The molecule has 2 heterocycles. The maximum absolute atomic E-state index is 12.6. The van der Waals surface area contributed by atoms with Crippen LogP contribution in [0.4, 0.5) is 10.5 Å². The van der Waals surface area contributed by atoms with Crippen molar-refractivity contribution in [1.82, 2.24) is 14.9 Å². The largest absolute Gasteiger partial charge is 0.494 e. The van der Waals surface area contributed by atoms with Crippen molar-refractivity contribution in [3.63, 3.8) is 0 Å². The molecule has 27 heavy (non-hydrogen) atoms. The maximum Gasteiger partial charge on any atom is 0.321 e. The van der Waals surface area contributed by atoms with Crippen LogP contribution in [0.3, 0.4) is 0 Å². The second-order valence-corrected chi connectivity index (χ2v) is 6.65. The number of anilines is 1. The van der Waals surface area contributed by atoms with Crippen LogP contribution in [-0.4, -0.2) is 46.7 Å². The number of nitrogens with one attached hydrogen (secondary N) is 1.